The fraction of sp³-hybridized carbons (Fsp3) is 0.558. The van der Waals surface area contributed by atoms with E-state index >= 15 is 0 Å². The number of rotatable bonds is 5. The largest absolute Gasteiger partial charge is 0.496 e. The molecule has 2 N–H and O–H groups in total. The van der Waals surface area contributed by atoms with E-state index in [4.69, 9.17) is 9.47 Å². The molecular formula is C43H54N4O4. The van der Waals surface area contributed by atoms with Gasteiger partial charge in [-0.1, -0.05) is 55.8 Å². The van der Waals surface area contributed by atoms with Crippen LogP contribution >= 0.6 is 0 Å². The van der Waals surface area contributed by atoms with Crippen LogP contribution in [0.15, 0.2) is 60.2 Å². The molecule has 2 unspecified atom stereocenters. The Morgan fingerprint density at radius 2 is 1.96 bits per heavy atom. The highest BCUT2D eigenvalue weighted by atomic mass is 16.6. The van der Waals surface area contributed by atoms with Gasteiger partial charge in [-0.3, -0.25) is 14.6 Å². The molecule has 2 aromatic carbocycles. The van der Waals surface area contributed by atoms with E-state index in [0.29, 0.717) is 5.92 Å². The Hall–Kier alpha value is -3.59. The Bertz CT molecular complexity index is 1970. The first kappa shape index (κ1) is 33.3. The smallest absolute Gasteiger partial charge is 0.303 e. The number of esters is 1. The van der Waals surface area contributed by atoms with Crippen LogP contribution in [0.25, 0.3) is 10.9 Å². The van der Waals surface area contributed by atoms with Gasteiger partial charge in [0.15, 0.2) is 0 Å². The van der Waals surface area contributed by atoms with Crippen molar-refractivity contribution < 1.29 is 19.4 Å². The summed E-state index contributed by atoms with van der Waals surface area (Å²) in [6, 6.07) is 13.4. The Morgan fingerprint density at radius 1 is 1.14 bits per heavy atom. The Morgan fingerprint density at radius 3 is 2.73 bits per heavy atom. The van der Waals surface area contributed by atoms with Gasteiger partial charge in [0.2, 0.25) is 0 Å². The molecule has 3 aromatic rings. The van der Waals surface area contributed by atoms with Crippen LogP contribution < -0.4 is 9.64 Å². The first-order valence-electron chi connectivity index (χ1n) is 19.3. The monoisotopic (exact) mass is 690 g/mol. The lowest BCUT2D eigenvalue weighted by atomic mass is 9.51. The van der Waals surface area contributed by atoms with Crippen molar-refractivity contribution in [2.45, 2.75) is 94.9 Å². The SMILES string of the molecule is CCC1=C[C@@H]2CN(CCc3c([nH]c4ccccc34)[C@@](C)(c3cc4c(cc3OC)N(C)C3[C@H](O)[C@H](OC(C)=O)[C@]5(CC)C=CCN6CC[C@]43[C@@H]65)C2)C1. The average Bonchev–Trinajstić information content (AvgIpc) is 3.79. The second kappa shape index (κ2) is 11.7. The highest BCUT2D eigenvalue weighted by Gasteiger charge is 2.73. The summed E-state index contributed by atoms with van der Waals surface area (Å²) < 4.78 is 12.6. The second-order valence-electron chi connectivity index (χ2n) is 16.7. The number of likely N-dealkylation sites (N-methyl/N-ethyl adjacent to an activating group) is 1. The van der Waals surface area contributed by atoms with E-state index in [1.54, 1.807) is 5.57 Å². The van der Waals surface area contributed by atoms with Gasteiger partial charge in [-0.15, -0.1) is 0 Å². The van der Waals surface area contributed by atoms with Gasteiger partial charge in [0.25, 0.3) is 0 Å². The molecule has 9 rings (SSSR count). The van der Waals surface area contributed by atoms with Gasteiger partial charge in [0, 0.05) is 96.4 Å². The summed E-state index contributed by atoms with van der Waals surface area (Å²) in [6.07, 6.45) is 10.4. The zero-order valence-electron chi connectivity index (χ0n) is 31.2. The summed E-state index contributed by atoms with van der Waals surface area (Å²) in [5.41, 5.74) is 7.86. The highest BCUT2D eigenvalue weighted by Crippen LogP contribution is 2.66. The zero-order valence-corrected chi connectivity index (χ0v) is 31.2. The molecule has 0 amide bonds. The summed E-state index contributed by atoms with van der Waals surface area (Å²) >= 11 is 0. The third kappa shape index (κ3) is 4.45. The molecule has 6 aliphatic rings. The lowest BCUT2D eigenvalue weighted by Gasteiger charge is -2.60. The molecule has 1 saturated carbocycles. The predicted octanol–water partition coefficient (Wildman–Crippen LogP) is 6.10. The van der Waals surface area contributed by atoms with Crippen LogP contribution in [-0.2, 0) is 26.8 Å². The normalized spacial score (nSPS) is 36.7. The molecule has 1 aliphatic carbocycles. The summed E-state index contributed by atoms with van der Waals surface area (Å²) in [7, 11) is 3.93. The van der Waals surface area contributed by atoms with Gasteiger partial charge in [-0.05, 0) is 74.8 Å². The van der Waals surface area contributed by atoms with Crippen molar-refractivity contribution in [3.63, 3.8) is 0 Å². The van der Waals surface area contributed by atoms with E-state index in [9.17, 15) is 9.90 Å². The fourth-order valence-electron chi connectivity index (χ4n) is 12.4. The van der Waals surface area contributed by atoms with E-state index in [0.717, 1.165) is 76.3 Å². The van der Waals surface area contributed by atoms with Crippen molar-refractivity contribution in [1.29, 1.82) is 0 Å². The van der Waals surface area contributed by atoms with Crippen LogP contribution in [-0.4, -0.2) is 97.0 Å². The molecule has 2 fully saturated rings. The number of methoxy groups -OCH3 is 1. The van der Waals surface area contributed by atoms with E-state index in [1.807, 2.05) is 7.11 Å². The number of para-hydroxylation sites is 1. The molecule has 270 valence electrons. The maximum atomic E-state index is 12.6. The van der Waals surface area contributed by atoms with E-state index in [2.05, 4.69) is 102 Å². The number of ether oxygens (including phenoxy) is 2. The highest BCUT2D eigenvalue weighted by molar-refractivity contribution is 5.86. The van der Waals surface area contributed by atoms with Crippen LogP contribution in [0.5, 0.6) is 5.75 Å². The molecule has 1 aromatic heterocycles. The average molecular weight is 691 g/mol. The number of aromatic amines is 1. The molecule has 0 radical (unpaired) electrons. The number of anilines is 1. The number of hydrogen-bond acceptors (Lipinski definition) is 7. The van der Waals surface area contributed by atoms with Gasteiger partial charge in [-0.2, -0.15) is 0 Å². The molecule has 6 heterocycles. The van der Waals surface area contributed by atoms with Crippen molar-refractivity contribution in [3.8, 4) is 5.75 Å². The molecule has 8 nitrogen and oxygen atoms in total. The predicted molar refractivity (Wildman–Crippen MR) is 202 cm³/mol. The Labute approximate surface area is 302 Å². The van der Waals surface area contributed by atoms with Crippen LogP contribution in [0.3, 0.4) is 0 Å². The molecule has 5 aliphatic heterocycles. The summed E-state index contributed by atoms with van der Waals surface area (Å²) in [6.45, 7) is 13.4. The van der Waals surface area contributed by atoms with E-state index in [-0.39, 0.29) is 28.9 Å². The molecule has 1 saturated heterocycles. The minimum atomic E-state index is -0.855. The van der Waals surface area contributed by atoms with Gasteiger partial charge < -0.3 is 24.5 Å². The van der Waals surface area contributed by atoms with Crippen LogP contribution in [0.2, 0.25) is 0 Å². The van der Waals surface area contributed by atoms with Crippen molar-refractivity contribution in [2.24, 2.45) is 11.3 Å². The van der Waals surface area contributed by atoms with E-state index < -0.39 is 17.6 Å². The first-order valence-corrected chi connectivity index (χ1v) is 19.3. The lowest BCUT2D eigenvalue weighted by Crippen LogP contribution is -2.74. The molecular weight excluding hydrogens is 636 g/mol. The molecule has 2 bridgehead atoms. The number of aliphatic hydroxyl groups is 1. The molecule has 9 atom stereocenters. The van der Waals surface area contributed by atoms with Gasteiger partial charge in [0.05, 0.1) is 13.2 Å². The minimum absolute atomic E-state index is 0.0848. The quantitative estimate of drug-likeness (QED) is 0.248. The minimum Gasteiger partial charge on any atom is -0.496 e. The summed E-state index contributed by atoms with van der Waals surface area (Å²) in [5.74, 6) is 0.955. The Balaban J connectivity index is 1.29. The molecule has 8 heteroatoms. The van der Waals surface area contributed by atoms with Crippen LogP contribution in [0.4, 0.5) is 5.69 Å². The standard InChI is InChI=1S/C43H54N4O4/c1-7-27-20-28-23-41(4,37-30(14-18-46(24-27)25-28)29-12-9-10-13-33(29)44-37)32-21-31-34(22-35(32)50-6)45(5)38-36(49)39(51-26(3)48)42(8-2)15-11-17-47-19-16-43(31,38)40(42)47/h9-13,15,20-22,28,36,38-40,44,49H,7-8,14,16-19,23-25H2,1-6H3/t28-,36-,38?,39-,40-,41+,42-,43-/m0/s1. The van der Waals surface area contributed by atoms with Crippen molar-refractivity contribution in [2.75, 3.05) is 51.8 Å². The number of aromatic nitrogens is 1. The number of nitrogens with one attached hydrogen (secondary N) is 1. The van der Waals surface area contributed by atoms with Gasteiger partial charge in [-0.25, -0.2) is 0 Å². The van der Waals surface area contributed by atoms with Gasteiger partial charge in [0.1, 0.15) is 18.0 Å². The van der Waals surface area contributed by atoms with Crippen molar-refractivity contribution in [3.05, 3.63) is 82.6 Å². The third-order valence-electron chi connectivity index (χ3n) is 14.3. The number of carbonyl (C=O) groups is 1. The number of nitrogens with zero attached hydrogens (tertiary/aromatic N) is 3. The number of benzene rings is 2. The summed E-state index contributed by atoms with van der Waals surface area (Å²) in [5, 5.41) is 13.8. The second-order valence-corrected chi connectivity index (χ2v) is 16.7. The number of H-pyrrole nitrogens is 1. The number of carbonyl (C=O) groups excluding carboxylic acids is 1. The lowest BCUT2D eigenvalue weighted by molar-refractivity contribution is -0.184. The van der Waals surface area contributed by atoms with Crippen molar-refractivity contribution >= 4 is 22.6 Å². The molecule has 51 heavy (non-hydrogen) atoms. The fourth-order valence-corrected chi connectivity index (χ4v) is 12.4. The molecule has 1 spiro atoms. The number of hydrogen-bond donors (Lipinski definition) is 2. The third-order valence-corrected chi connectivity index (χ3v) is 14.3. The van der Waals surface area contributed by atoms with Gasteiger partial charge >= 0.3 is 5.97 Å². The number of fused-ring (bicyclic) bond motifs is 6. The van der Waals surface area contributed by atoms with Crippen molar-refractivity contribution in [1.82, 2.24) is 14.8 Å². The Kier molecular flexibility index (Phi) is 7.64. The zero-order chi connectivity index (χ0) is 35.4. The number of aliphatic hydroxyl groups excluding tert-OH is 1. The van der Waals surface area contributed by atoms with E-state index in [1.165, 1.54) is 40.2 Å². The van der Waals surface area contributed by atoms with Crippen LogP contribution in [0.1, 0.15) is 75.8 Å². The maximum Gasteiger partial charge on any atom is 0.303 e. The first-order chi connectivity index (χ1) is 24.6. The topological polar surface area (TPSA) is 81.3 Å². The maximum absolute atomic E-state index is 12.6. The summed E-state index contributed by atoms with van der Waals surface area (Å²) in [4.78, 5) is 24.2. The van der Waals surface area contributed by atoms with Crippen LogP contribution in [0, 0.1) is 11.3 Å².